The van der Waals surface area contributed by atoms with Crippen LogP contribution in [0, 0.1) is 30.1 Å². The van der Waals surface area contributed by atoms with E-state index in [0.717, 1.165) is 11.1 Å². The van der Waals surface area contributed by atoms with E-state index in [2.05, 4.69) is 17.9 Å². The largest absolute Gasteiger partial charge is 0.192 e. The number of hydrogen-bond donors (Lipinski definition) is 0. The van der Waals surface area contributed by atoms with E-state index in [4.69, 9.17) is 16.9 Å². The van der Waals surface area contributed by atoms with Gasteiger partial charge in [-0.15, -0.1) is 11.6 Å². The first kappa shape index (κ1) is 9.65. The minimum atomic E-state index is 0.316. The van der Waals surface area contributed by atoms with Gasteiger partial charge in [0.05, 0.1) is 17.5 Å². The molecule has 13 heavy (non-hydrogen) atoms. The third-order valence-electron chi connectivity index (χ3n) is 1.66. The second-order valence-electron chi connectivity index (χ2n) is 2.58. The van der Waals surface area contributed by atoms with Crippen molar-refractivity contribution in [2.75, 3.05) is 5.88 Å². The van der Waals surface area contributed by atoms with Crippen molar-refractivity contribution in [1.29, 1.82) is 5.26 Å². The van der Waals surface area contributed by atoms with E-state index in [0.29, 0.717) is 11.4 Å². The average molecular weight is 190 g/mol. The summed E-state index contributed by atoms with van der Waals surface area (Å²) < 4.78 is 0. The first-order chi connectivity index (χ1) is 6.27. The molecule has 0 saturated carbocycles. The van der Waals surface area contributed by atoms with Gasteiger partial charge in [-0.1, -0.05) is 17.9 Å². The van der Waals surface area contributed by atoms with Crippen molar-refractivity contribution in [3.63, 3.8) is 0 Å². The fourth-order valence-electron chi connectivity index (χ4n) is 0.955. The first-order valence-electron chi connectivity index (χ1n) is 3.83. The molecule has 0 aromatic heterocycles. The molecule has 0 aliphatic carbocycles. The van der Waals surface area contributed by atoms with Crippen molar-refractivity contribution >= 4 is 11.6 Å². The van der Waals surface area contributed by atoms with Crippen LogP contribution < -0.4 is 0 Å². The van der Waals surface area contributed by atoms with Crippen LogP contribution in [0.25, 0.3) is 0 Å². The van der Waals surface area contributed by atoms with Crippen molar-refractivity contribution in [1.82, 2.24) is 0 Å². The van der Waals surface area contributed by atoms with E-state index in [1.807, 2.05) is 13.0 Å². The number of halogens is 1. The van der Waals surface area contributed by atoms with E-state index in [1.54, 1.807) is 12.1 Å². The summed E-state index contributed by atoms with van der Waals surface area (Å²) in [5, 5.41) is 8.65. The van der Waals surface area contributed by atoms with Crippen LogP contribution >= 0.6 is 11.6 Å². The summed E-state index contributed by atoms with van der Waals surface area (Å²) in [5.74, 6) is 5.98. The molecular weight excluding hydrogens is 182 g/mol. The Bertz CT molecular complexity index is 404. The summed E-state index contributed by atoms with van der Waals surface area (Å²) in [5.41, 5.74) is 2.57. The van der Waals surface area contributed by atoms with E-state index >= 15 is 0 Å². The lowest BCUT2D eigenvalue weighted by Crippen LogP contribution is -1.84. The number of rotatable bonds is 0. The summed E-state index contributed by atoms with van der Waals surface area (Å²) in [7, 11) is 0. The van der Waals surface area contributed by atoms with E-state index in [-0.39, 0.29) is 0 Å². The van der Waals surface area contributed by atoms with Gasteiger partial charge in [0.1, 0.15) is 0 Å². The monoisotopic (exact) mass is 189 g/mol. The van der Waals surface area contributed by atoms with Gasteiger partial charge in [0.25, 0.3) is 0 Å². The Morgan fingerprint density at radius 2 is 2.23 bits per heavy atom. The zero-order valence-electron chi connectivity index (χ0n) is 7.26. The Morgan fingerprint density at radius 3 is 2.85 bits per heavy atom. The molecule has 1 nitrogen and oxygen atoms in total. The van der Waals surface area contributed by atoms with E-state index in [9.17, 15) is 0 Å². The van der Waals surface area contributed by atoms with E-state index in [1.165, 1.54) is 0 Å². The summed E-state index contributed by atoms with van der Waals surface area (Å²) in [6, 6.07) is 7.51. The molecule has 0 heterocycles. The molecule has 0 unspecified atom stereocenters. The van der Waals surface area contributed by atoms with Crippen molar-refractivity contribution in [3.05, 3.63) is 34.9 Å². The van der Waals surface area contributed by atoms with Crippen molar-refractivity contribution in [2.24, 2.45) is 0 Å². The van der Waals surface area contributed by atoms with Gasteiger partial charge in [-0.3, -0.25) is 0 Å². The Hall–Kier alpha value is -1.44. The maximum Gasteiger partial charge on any atom is 0.0992 e. The number of nitriles is 1. The lowest BCUT2D eigenvalue weighted by Gasteiger charge is -1.96. The van der Waals surface area contributed by atoms with Crippen molar-refractivity contribution < 1.29 is 0 Å². The van der Waals surface area contributed by atoms with Crippen LogP contribution in [0.2, 0.25) is 0 Å². The molecule has 0 fully saturated rings. The summed E-state index contributed by atoms with van der Waals surface area (Å²) in [6.45, 7) is 1.96. The third kappa shape index (κ3) is 2.51. The molecule has 1 rings (SSSR count). The molecule has 0 aliphatic rings. The highest BCUT2D eigenvalue weighted by Gasteiger charge is 1.95. The van der Waals surface area contributed by atoms with Gasteiger partial charge in [0.2, 0.25) is 0 Å². The molecule has 64 valence electrons. The predicted octanol–water partition coefficient (Wildman–Crippen LogP) is 2.46. The lowest BCUT2D eigenvalue weighted by molar-refractivity contribution is 1.40. The highest BCUT2D eigenvalue weighted by Crippen LogP contribution is 2.08. The molecule has 0 bridgehead atoms. The van der Waals surface area contributed by atoms with E-state index < -0.39 is 0 Å². The van der Waals surface area contributed by atoms with Gasteiger partial charge in [0.15, 0.2) is 0 Å². The molecule has 0 N–H and O–H groups in total. The Morgan fingerprint density at radius 1 is 1.46 bits per heavy atom. The van der Waals surface area contributed by atoms with Gasteiger partial charge >= 0.3 is 0 Å². The van der Waals surface area contributed by atoms with Crippen LogP contribution in [-0.2, 0) is 0 Å². The van der Waals surface area contributed by atoms with Crippen LogP contribution in [0.4, 0.5) is 0 Å². The Balaban J connectivity index is 3.13. The lowest BCUT2D eigenvalue weighted by atomic mass is 10.1. The number of benzene rings is 1. The van der Waals surface area contributed by atoms with Crippen LogP contribution in [0.1, 0.15) is 16.7 Å². The van der Waals surface area contributed by atoms with Gasteiger partial charge in [-0.25, -0.2) is 0 Å². The Labute approximate surface area is 83.0 Å². The highest BCUT2D eigenvalue weighted by atomic mass is 35.5. The van der Waals surface area contributed by atoms with Gasteiger partial charge in [-0.05, 0) is 24.6 Å². The smallest absolute Gasteiger partial charge is 0.0992 e. The average Bonchev–Trinajstić information content (AvgIpc) is 2.17. The Kier molecular flexibility index (Phi) is 3.38. The maximum absolute atomic E-state index is 8.65. The third-order valence-corrected chi connectivity index (χ3v) is 1.79. The molecule has 0 radical (unpaired) electrons. The molecule has 0 aliphatic heterocycles. The zero-order chi connectivity index (χ0) is 9.68. The summed E-state index contributed by atoms with van der Waals surface area (Å²) in [4.78, 5) is 0. The summed E-state index contributed by atoms with van der Waals surface area (Å²) >= 11 is 5.44. The van der Waals surface area contributed by atoms with Crippen LogP contribution in [0.15, 0.2) is 18.2 Å². The van der Waals surface area contributed by atoms with Gasteiger partial charge in [0, 0.05) is 5.56 Å². The van der Waals surface area contributed by atoms with Gasteiger partial charge < -0.3 is 0 Å². The molecule has 1 aromatic carbocycles. The van der Waals surface area contributed by atoms with Crippen molar-refractivity contribution in [2.45, 2.75) is 6.92 Å². The second-order valence-corrected chi connectivity index (χ2v) is 2.84. The minimum absolute atomic E-state index is 0.316. The SMILES string of the molecule is Cc1ccc(C#N)cc1C#CCCl. The number of aryl methyl sites for hydroxylation is 1. The molecule has 0 amide bonds. The highest BCUT2D eigenvalue weighted by molar-refractivity contribution is 6.19. The zero-order valence-corrected chi connectivity index (χ0v) is 8.02. The fraction of sp³-hybridized carbons (Fsp3) is 0.182. The quantitative estimate of drug-likeness (QED) is 0.454. The topological polar surface area (TPSA) is 23.8 Å². The standard InChI is InChI=1S/C11H8ClN/c1-9-4-5-10(8-13)7-11(9)3-2-6-12/h4-5,7H,6H2,1H3. The molecule has 0 atom stereocenters. The molecule has 2 heteroatoms. The molecule has 1 aromatic rings. The molecule has 0 spiro atoms. The number of alkyl halides is 1. The van der Waals surface area contributed by atoms with Crippen LogP contribution in [-0.4, -0.2) is 5.88 Å². The summed E-state index contributed by atoms with van der Waals surface area (Å²) in [6.07, 6.45) is 0. The number of nitrogens with zero attached hydrogens (tertiary/aromatic N) is 1. The van der Waals surface area contributed by atoms with Gasteiger partial charge in [-0.2, -0.15) is 5.26 Å². The fourth-order valence-corrected chi connectivity index (χ4v) is 1.02. The molecule has 0 saturated heterocycles. The minimum Gasteiger partial charge on any atom is -0.192 e. The number of hydrogen-bond acceptors (Lipinski definition) is 1. The predicted molar refractivity (Wildman–Crippen MR) is 53.5 cm³/mol. The van der Waals surface area contributed by atoms with Crippen LogP contribution in [0.5, 0.6) is 0 Å². The van der Waals surface area contributed by atoms with Crippen LogP contribution in [0.3, 0.4) is 0 Å². The maximum atomic E-state index is 8.65. The normalized spacial score (nSPS) is 8.38. The second kappa shape index (κ2) is 4.55. The molecular formula is C11H8ClN. The first-order valence-corrected chi connectivity index (χ1v) is 4.37. The van der Waals surface area contributed by atoms with Crippen molar-refractivity contribution in [3.8, 4) is 17.9 Å².